The second kappa shape index (κ2) is 5.15. The lowest BCUT2D eigenvalue weighted by Gasteiger charge is -2.09. The Hall–Kier alpha value is -2.45. The molecule has 0 saturated carbocycles. The van der Waals surface area contributed by atoms with Crippen LogP contribution in [-0.4, -0.2) is 15.9 Å². The first kappa shape index (κ1) is 14.9. The number of imidazole rings is 1. The van der Waals surface area contributed by atoms with Gasteiger partial charge in [0.25, 0.3) is 0 Å². The van der Waals surface area contributed by atoms with E-state index in [0.29, 0.717) is 11.8 Å². The normalized spacial score (nSPS) is 12.3. The number of anilines is 1. The minimum Gasteiger partial charge on any atom is -0.368 e. The summed E-state index contributed by atoms with van der Waals surface area (Å²) in [7, 11) is 0. The molecule has 0 saturated heterocycles. The molecule has 0 amide bonds. The number of nitrogens with zero attached hydrogens (tertiary/aromatic N) is 3. The van der Waals surface area contributed by atoms with Gasteiger partial charge < -0.3 is 5.73 Å². The van der Waals surface area contributed by atoms with Crippen LogP contribution < -0.4 is 5.73 Å². The standard InChI is InChI=1S/C12H9F5N4/c1-6-5-21(11(18)20-6)19-4-7-2-8(12(15,16)17)10(14)3-9(7)13/h2-5H,1H3,(H2,18,20). The number of alkyl halides is 3. The number of rotatable bonds is 2. The van der Waals surface area contributed by atoms with Crippen LogP contribution in [0.15, 0.2) is 23.4 Å². The molecule has 2 aromatic rings. The Balaban J connectivity index is 2.43. The van der Waals surface area contributed by atoms with E-state index in [4.69, 9.17) is 5.73 Å². The van der Waals surface area contributed by atoms with Gasteiger partial charge >= 0.3 is 6.18 Å². The fourth-order valence-corrected chi connectivity index (χ4v) is 1.60. The zero-order valence-corrected chi connectivity index (χ0v) is 10.6. The molecule has 0 atom stereocenters. The lowest BCUT2D eigenvalue weighted by Crippen LogP contribution is -2.10. The van der Waals surface area contributed by atoms with Crippen LogP contribution in [0, 0.1) is 18.6 Å². The molecule has 0 fully saturated rings. The number of hydrogen-bond donors (Lipinski definition) is 1. The van der Waals surface area contributed by atoms with Crippen molar-refractivity contribution in [1.29, 1.82) is 0 Å². The summed E-state index contributed by atoms with van der Waals surface area (Å²) in [5.74, 6) is -2.86. The van der Waals surface area contributed by atoms with Gasteiger partial charge in [-0.2, -0.15) is 18.3 Å². The van der Waals surface area contributed by atoms with E-state index in [9.17, 15) is 22.0 Å². The summed E-state index contributed by atoms with van der Waals surface area (Å²) in [6.45, 7) is 1.63. The predicted octanol–water partition coefficient (Wildman–Crippen LogP) is 2.95. The van der Waals surface area contributed by atoms with Crippen molar-refractivity contribution < 1.29 is 22.0 Å². The number of halogens is 5. The maximum absolute atomic E-state index is 13.5. The van der Waals surface area contributed by atoms with Crippen LogP contribution in [0.25, 0.3) is 0 Å². The van der Waals surface area contributed by atoms with Crippen LogP contribution in [0.1, 0.15) is 16.8 Å². The molecule has 9 heteroatoms. The van der Waals surface area contributed by atoms with Crippen molar-refractivity contribution in [3.63, 3.8) is 0 Å². The summed E-state index contributed by atoms with van der Waals surface area (Å²) >= 11 is 0. The van der Waals surface area contributed by atoms with Gasteiger partial charge in [-0.1, -0.05) is 0 Å². The number of nitrogen functional groups attached to an aromatic ring is 1. The van der Waals surface area contributed by atoms with Crippen molar-refractivity contribution in [2.45, 2.75) is 13.1 Å². The van der Waals surface area contributed by atoms with Crippen molar-refractivity contribution in [2.75, 3.05) is 5.73 Å². The molecule has 0 unspecified atom stereocenters. The van der Waals surface area contributed by atoms with Crippen LogP contribution in [0.4, 0.5) is 27.9 Å². The highest BCUT2D eigenvalue weighted by molar-refractivity contribution is 5.80. The Morgan fingerprint density at radius 1 is 1.24 bits per heavy atom. The van der Waals surface area contributed by atoms with E-state index >= 15 is 0 Å². The maximum Gasteiger partial charge on any atom is 0.419 e. The summed E-state index contributed by atoms with van der Waals surface area (Å²) in [6, 6.07) is 0.501. The average Bonchev–Trinajstić information content (AvgIpc) is 2.65. The van der Waals surface area contributed by atoms with Gasteiger partial charge in [0.05, 0.1) is 23.7 Å². The van der Waals surface area contributed by atoms with E-state index in [-0.39, 0.29) is 12.0 Å². The first-order valence-corrected chi connectivity index (χ1v) is 5.60. The Bertz CT molecular complexity index is 702. The van der Waals surface area contributed by atoms with Gasteiger partial charge in [-0.25, -0.2) is 18.4 Å². The van der Waals surface area contributed by atoms with Crippen LogP contribution >= 0.6 is 0 Å². The highest BCUT2D eigenvalue weighted by Crippen LogP contribution is 2.32. The van der Waals surface area contributed by atoms with Gasteiger partial charge in [0.15, 0.2) is 0 Å². The lowest BCUT2D eigenvalue weighted by molar-refractivity contribution is -0.140. The summed E-state index contributed by atoms with van der Waals surface area (Å²) in [4.78, 5) is 3.81. The summed E-state index contributed by atoms with van der Waals surface area (Å²) in [5, 5.41) is 3.68. The number of benzene rings is 1. The Morgan fingerprint density at radius 2 is 1.90 bits per heavy atom. The Kier molecular flexibility index (Phi) is 3.67. The third-order valence-electron chi connectivity index (χ3n) is 2.55. The molecule has 0 bridgehead atoms. The molecule has 112 valence electrons. The molecular formula is C12H9F5N4. The van der Waals surface area contributed by atoms with Gasteiger partial charge in [-0.05, 0) is 13.0 Å². The third-order valence-corrected chi connectivity index (χ3v) is 2.55. The van der Waals surface area contributed by atoms with E-state index in [1.54, 1.807) is 6.92 Å². The quantitative estimate of drug-likeness (QED) is 0.685. The number of hydrogen-bond acceptors (Lipinski definition) is 3. The second-order valence-corrected chi connectivity index (χ2v) is 4.18. The van der Waals surface area contributed by atoms with Crippen LogP contribution in [0.3, 0.4) is 0 Å². The maximum atomic E-state index is 13.5. The van der Waals surface area contributed by atoms with Crippen molar-refractivity contribution >= 4 is 12.2 Å². The molecule has 1 aromatic carbocycles. The molecule has 21 heavy (non-hydrogen) atoms. The number of aromatic nitrogens is 2. The van der Waals surface area contributed by atoms with Gasteiger partial charge in [0, 0.05) is 11.6 Å². The van der Waals surface area contributed by atoms with Crippen LogP contribution in [-0.2, 0) is 6.18 Å². The molecule has 4 nitrogen and oxygen atoms in total. The summed E-state index contributed by atoms with van der Waals surface area (Å²) in [6.07, 6.45) is -2.72. The molecule has 2 N–H and O–H groups in total. The fourth-order valence-electron chi connectivity index (χ4n) is 1.60. The second-order valence-electron chi connectivity index (χ2n) is 4.18. The molecule has 0 aliphatic rings. The van der Waals surface area contributed by atoms with Crippen LogP contribution in [0.2, 0.25) is 0 Å². The van der Waals surface area contributed by atoms with E-state index in [1.165, 1.54) is 6.20 Å². The minimum atomic E-state index is -4.93. The van der Waals surface area contributed by atoms with Gasteiger partial charge in [0.2, 0.25) is 5.95 Å². The first-order valence-electron chi connectivity index (χ1n) is 5.60. The van der Waals surface area contributed by atoms with Gasteiger partial charge in [0.1, 0.15) is 11.6 Å². The zero-order chi connectivity index (χ0) is 15.8. The molecule has 1 aromatic heterocycles. The topological polar surface area (TPSA) is 56.2 Å². The van der Waals surface area contributed by atoms with Gasteiger partial charge in [-0.3, -0.25) is 0 Å². The highest BCUT2D eigenvalue weighted by Gasteiger charge is 2.34. The smallest absolute Gasteiger partial charge is 0.368 e. The van der Waals surface area contributed by atoms with Crippen molar-refractivity contribution in [1.82, 2.24) is 9.66 Å². The van der Waals surface area contributed by atoms with Gasteiger partial charge in [-0.15, -0.1) is 0 Å². The molecule has 0 aliphatic heterocycles. The fraction of sp³-hybridized carbons (Fsp3) is 0.167. The van der Waals surface area contributed by atoms with Crippen molar-refractivity contribution in [2.24, 2.45) is 5.10 Å². The van der Waals surface area contributed by atoms with E-state index in [1.807, 2.05) is 0 Å². The van der Waals surface area contributed by atoms with E-state index in [0.717, 1.165) is 10.9 Å². The van der Waals surface area contributed by atoms with Crippen molar-refractivity contribution in [3.8, 4) is 0 Å². The molecule has 1 heterocycles. The van der Waals surface area contributed by atoms with Crippen molar-refractivity contribution in [3.05, 3.63) is 46.8 Å². The molecule has 0 spiro atoms. The highest BCUT2D eigenvalue weighted by atomic mass is 19.4. The molecule has 2 rings (SSSR count). The third kappa shape index (κ3) is 3.18. The molecular weight excluding hydrogens is 295 g/mol. The Morgan fingerprint density at radius 3 is 2.43 bits per heavy atom. The minimum absolute atomic E-state index is 0.0117. The zero-order valence-electron chi connectivity index (χ0n) is 10.6. The monoisotopic (exact) mass is 304 g/mol. The summed E-state index contributed by atoms with van der Waals surface area (Å²) in [5.41, 5.74) is 3.91. The van der Waals surface area contributed by atoms with E-state index < -0.39 is 28.9 Å². The van der Waals surface area contributed by atoms with Crippen LogP contribution in [0.5, 0.6) is 0 Å². The van der Waals surface area contributed by atoms with E-state index in [2.05, 4.69) is 10.1 Å². The largest absolute Gasteiger partial charge is 0.419 e. The molecule has 0 aliphatic carbocycles. The first-order chi connectivity index (χ1) is 9.68. The number of nitrogens with two attached hydrogens (primary N) is 1. The average molecular weight is 304 g/mol. The number of aryl methyl sites for hydroxylation is 1. The summed E-state index contributed by atoms with van der Waals surface area (Å²) < 4.78 is 65.3. The Labute approximate surface area is 115 Å². The molecule has 0 radical (unpaired) electrons. The lowest BCUT2D eigenvalue weighted by atomic mass is 10.1. The SMILES string of the molecule is Cc1cn(N=Cc2cc(C(F)(F)F)c(F)cc2F)c(N)n1. The predicted molar refractivity (Wildman–Crippen MR) is 65.7 cm³/mol.